The van der Waals surface area contributed by atoms with Crippen LogP contribution < -0.4 is 0 Å². The number of nitrogens with zero attached hydrogens (tertiary/aromatic N) is 2. The maximum atomic E-state index is 5.90. The third-order valence-corrected chi connectivity index (χ3v) is 4.24. The standard InChI is InChI=1S/C12H19ClN2S/c13-6-7-15(9-12-8-14-10-16-12)11-4-2-1-3-5-11/h8,10-11H,1-7,9H2. The van der Waals surface area contributed by atoms with Crippen molar-refractivity contribution in [3.63, 3.8) is 0 Å². The topological polar surface area (TPSA) is 16.1 Å². The zero-order valence-electron chi connectivity index (χ0n) is 9.57. The van der Waals surface area contributed by atoms with E-state index in [-0.39, 0.29) is 0 Å². The van der Waals surface area contributed by atoms with Gasteiger partial charge in [-0.2, -0.15) is 0 Å². The van der Waals surface area contributed by atoms with Gasteiger partial charge in [0.25, 0.3) is 0 Å². The van der Waals surface area contributed by atoms with Crippen molar-refractivity contribution >= 4 is 22.9 Å². The molecule has 1 aromatic heterocycles. The highest BCUT2D eigenvalue weighted by atomic mass is 35.5. The van der Waals surface area contributed by atoms with Crippen LogP contribution in [0.4, 0.5) is 0 Å². The molecular weight excluding hydrogens is 240 g/mol. The maximum absolute atomic E-state index is 5.90. The van der Waals surface area contributed by atoms with Crippen molar-refractivity contribution in [2.24, 2.45) is 0 Å². The van der Waals surface area contributed by atoms with Crippen LogP contribution in [0.2, 0.25) is 0 Å². The van der Waals surface area contributed by atoms with Crippen LogP contribution in [0.3, 0.4) is 0 Å². The summed E-state index contributed by atoms with van der Waals surface area (Å²) in [6.07, 6.45) is 8.84. The number of alkyl halides is 1. The van der Waals surface area contributed by atoms with E-state index < -0.39 is 0 Å². The highest BCUT2D eigenvalue weighted by Gasteiger charge is 2.20. The zero-order valence-corrected chi connectivity index (χ0v) is 11.1. The number of thiazole rings is 1. The Balaban J connectivity index is 1.92. The highest BCUT2D eigenvalue weighted by Crippen LogP contribution is 2.24. The molecule has 0 unspecified atom stereocenters. The van der Waals surface area contributed by atoms with Crippen molar-refractivity contribution in [1.29, 1.82) is 0 Å². The van der Waals surface area contributed by atoms with Crippen molar-refractivity contribution in [3.05, 3.63) is 16.6 Å². The predicted molar refractivity (Wildman–Crippen MR) is 70.1 cm³/mol. The molecule has 1 aromatic rings. The molecule has 0 aromatic carbocycles. The Labute approximate surface area is 107 Å². The first-order chi connectivity index (χ1) is 7.90. The molecule has 4 heteroatoms. The molecule has 1 aliphatic rings. The first-order valence-corrected chi connectivity index (χ1v) is 7.49. The Morgan fingerprint density at radius 1 is 1.38 bits per heavy atom. The number of rotatable bonds is 5. The molecule has 0 radical (unpaired) electrons. The van der Waals surface area contributed by atoms with E-state index in [1.54, 1.807) is 11.3 Å². The van der Waals surface area contributed by atoms with Crippen LogP contribution in [0.1, 0.15) is 37.0 Å². The summed E-state index contributed by atoms with van der Waals surface area (Å²) in [7, 11) is 0. The highest BCUT2D eigenvalue weighted by molar-refractivity contribution is 7.09. The summed E-state index contributed by atoms with van der Waals surface area (Å²) >= 11 is 7.65. The first-order valence-electron chi connectivity index (χ1n) is 6.07. The van der Waals surface area contributed by atoms with Gasteiger partial charge in [-0.25, -0.2) is 0 Å². The molecule has 2 rings (SSSR count). The summed E-state index contributed by atoms with van der Waals surface area (Å²) in [6.45, 7) is 2.03. The Morgan fingerprint density at radius 3 is 2.81 bits per heavy atom. The molecule has 0 bridgehead atoms. The lowest BCUT2D eigenvalue weighted by atomic mass is 9.94. The quantitative estimate of drug-likeness (QED) is 0.752. The lowest BCUT2D eigenvalue weighted by Gasteiger charge is -2.33. The minimum Gasteiger partial charge on any atom is -0.294 e. The molecule has 1 aliphatic carbocycles. The number of aromatic nitrogens is 1. The van der Waals surface area contributed by atoms with Crippen LogP contribution in [-0.4, -0.2) is 28.4 Å². The maximum Gasteiger partial charge on any atom is 0.0794 e. The van der Waals surface area contributed by atoms with E-state index in [9.17, 15) is 0 Å². The molecule has 0 atom stereocenters. The average Bonchev–Trinajstić information content (AvgIpc) is 2.83. The monoisotopic (exact) mass is 258 g/mol. The molecule has 1 fully saturated rings. The number of halogens is 1. The Hall–Kier alpha value is -0.120. The largest absolute Gasteiger partial charge is 0.294 e. The van der Waals surface area contributed by atoms with E-state index >= 15 is 0 Å². The Bertz CT molecular complexity index is 283. The van der Waals surface area contributed by atoms with Gasteiger partial charge in [-0.05, 0) is 12.8 Å². The minimum atomic E-state index is 0.731. The Kier molecular flexibility index (Phi) is 5.07. The second kappa shape index (κ2) is 6.58. The number of hydrogen-bond donors (Lipinski definition) is 0. The van der Waals surface area contributed by atoms with Gasteiger partial charge in [-0.15, -0.1) is 22.9 Å². The summed E-state index contributed by atoms with van der Waals surface area (Å²) in [5.74, 6) is 0.731. The van der Waals surface area contributed by atoms with Gasteiger partial charge in [-0.1, -0.05) is 19.3 Å². The third-order valence-electron chi connectivity index (χ3n) is 3.31. The van der Waals surface area contributed by atoms with Gasteiger partial charge >= 0.3 is 0 Å². The van der Waals surface area contributed by atoms with Gasteiger partial charge in [0.05, 0.1) is 5.51 Å². The fraction of sp³-hybridized carbons (Fsp3) is 0.750. The summed E-state index contributed by atoms with van der Waals surface area (Å²) in [4.78, 5) is 8.04. The van der Waals surface area contributed by atoms with Gasteiger partial charge < -0.3 is 0 Å². The molecule has 1 saturated carbocycles. The molecule has 90 valence electrons. The minimum absolute atomic E-state index is 0.731. The smallest absolute Gasteiger partial charge is 0.0794 e. The van der Waals surface area contributed by atoms with Crippen LogP contribution in [0.5, 0.6) is 0 Å². The van der Waals surface area contributed by atoms with Crippen molar-refractivity contribution in [3.8, 4) is 0 Å². The van der Waals surface area contributed by atoms with E-state index in [0.29, 0.717) is 0 Å². The Morgan fingerprint density at radius 2 is 2.19 bits per heavy atom. The summed E-state index contributed by atoms with van der Waals surface area (Å²) in [6, 6.07) is 0.745. The van der Waals surface area contributed by atoms with Crippen LogP contribution in [0.15, 0.2) is 11.7 Å². The van der Waals surface area contributed by atoms with Crippen LogP contribution in [-0.2, 0) is 6.54 Å². The molecule has 0 saturated heterocycles. The van der Waals surface area contributed by atoms with Gasteiger partial charge in [-0.3, -0.25) is 9.88 Å². The molecule has 16 heavy (non-hydrogen) atoms. The average molecular weight is 259 g/mol. The lowest BCUT2D eigenvalue weighted by molar-refractivity contribution is 0.158. The fourth-order valence-corrected chi connectivity index (χ4v) is 3.30. The second-order valence-corrected chi connectivity index (χ2v) is 5.77. The van der Waals surface area contributed by atoms with E-state index in [1.165, 1.54) is 37.0 Å². The van der Waals surface area contributed by atoms with Crippen LogP contribution >= 0.6 is 22.9 Å². The summed E-state index contributed by atoms with van der Waals surface area (Å²) in [5.41, 5.74) is 1.91. The number of hydrogen-bond acceptors (Lipinski definition) is 3. The molecule has 0 spiro atoms. The van der Waals surface area contributed by atoms with E-state index in [1.807, 2.05) is 11.7 Å². The normalized spacial score (nSPS) is 18.1. The molecule has 1 heterocycles. The van der Waals surface area contributed by atoms with E-state index in [4.69, 9.17) is 11.6 Å². The predicted octanol–water partition coefficient (Wildman–Crippen LogP) is 3.52. The molecule has 2 nitrogen and oxygen atoms in total. The third kappa shape index (κ3) is 3.44. The fourth-order valence-electron chi connectivity index (χ4n) is 2.47. The summed E-state index contributed by atoms with van der Waals surface area (Å²) < 4.78 is 0. The second-order valence-electron chi connectivity index (χ2n) is 4.42. The van der Waals surface area contributed by atoms with Crippen molar-refractivity contribution in [2.45, 2.75) is 44.7 Å². The van der Waals surface area contributed by atoms with Gasteiger partial charge in [0.2, 0.25) is 0 Å². The van der Waals surface area contributed by atoms with Crippen LogP contribution in [0.25, 0.3) is 0 Å². The van der Waals surface area contributed by atoms with Gasteiger partial charge in [0.1, 0.15) is 0 Å². The molecule has 0 aliphatic heterocycles. The van der Waals surface area contributed by atoms with Crippen molar-refractivity contribution in [2.75, 3.05) is 12.4 Å². The van der Waals surface area contributed by atoms with Crippen molar-refractivity contribution < 1.29 is 0 Å². The van der Waals surface area contributed by atoms with Crippen LogP contribution in [0, 0.1) is 0 Å². The SMILES string of the molecule is ClCCN(Cc1cncs1)C1CCCCC1. The van der Waals surface area contributed by atoms with Crippen molar-refractivity contribution in [1.82, 2.24) is 9.88 Å². The zero-order chi connectivity index (χ0) is 11.2. The molecular formula is C12H19ClN2S. The molecule has 0 amide bonds. The van der Waals surface area contributed by atoms with E-state index in [0.717, 1.165) is 25.0 Å². The lowest BCUT2D eigenvalue weighted by Crippen LogP contribution is -2.37. The van der Waals surface area contributed by atoms with Gasteiger partial charge in [0.15, 0.2) is 0 Å². The first kappa shape index (κ1) is 12.3. The van der Waals surface area contributed by atoms with E-state index in [2.05, 4.69) is 9.88 Å². The van der Waals surface area contributed by atoms with Gasteiger partial charge in [0, 0.05) is 36.1 Å². The summed E-state index contributed by atoms with van der Waals surface area (Å²) in [5, 5.41) is 0. The molecule has 0 N–H and O–H groups in total.